The van der Waals surface area contributed by atoms with Crippen molar-refractivity contribution in [2.75, 3.05) is 74.3 Å². The number of hydrogen-bond acceptors (Lipinski definition) is 3. The van der Waals surface area contributed by atoms with Crippen LogP contribution in [0, 0.1) is 0 Å². The van der Waals surface area contributed by atoms with Gasteiger partial charge in [-0.25, -0.2) is 0 Å². The Bertz CT molecular complexity index is 240. The quantitative estimate of drug-likeness (QED) is 0.266. The van der Waals surface area contributed by atoms with Gasteiger partial charge < -0.3 is 36.1 Å². The zero-order valence-electron chi connectivity index (χ0n) is 13.7. The van der Waals surface area contributed by atoms with Crippen LogP contribution in [-0.2, 0) is 9.47 Å². The first-order valence-electron chi connectivity index (χ1n) is 6.96. The summed E-state index contributed by atoms with van der Waals surface area (Å²) in [6.07, 6.45) is 0. The zero-order valence-corrected chi connectivity index (χ0v) is 13.7. The number of hydrogen-bond donors (Lipinski definition) is 0. The second kappa shape index (κ2) is 12.2. The highest BCUT2D eigenvalue weighted by Gasteiger charge is 2.20. The Labute approximate surface area is 125 Å². The molecule has 0 spiro atoms. The highest BCUT2D eigenvalue weighted by molar-refractivity contribution is 6.50. The first-order chi connectivity index (χ1) is 9.54. The van der Waals surface area contributed by atoms with Crippen molar-refractivity contribution in [2.24, 2.45) is 0 Å². The summed E-state index contributed by atoms with van der Waals surface area (Å²) >= 11 is 0. The molecule has 1 unspecified atom stereocenters. The van der Waals surface area contributed by atoms with Gasteiger partial charge in [-0.2, -0.15) is 0 Å². The first kappa shape index (κ1) is 22.9. The average molecular weight is 320 g/mol. The van der Waals surface area contributed by atoms with Crippen molar-refractivity contribution < 1.29 is 31.2 Å². The predicted molar refractivity (Wildman–Crippen MR) is 77.9 cm³/mol. The Hall–Kier alpha value is -0.375. The number of nitrogens with zero attached hydrogens (tertiary/aromatic N) is 2. The van der Waals surface area contributed by atoms with E-state index in [1.807, 2.05) is 0 Å². The summed E-state index contributed by atoms with van der Waals surface area (Å²) in [6, 6.07) is 0. The molecule has 0 aliphatic carbocycles. The fraction of sp³-hybridized carbons (Fsp3) is 1.00. The lowest BCUT2D eigenvalue weighted by molar-refractivity contribution is -0.907. The first-order valence-corrected chi connectivity index (χ1v) is 6.96. The molecule has 21 heavy (non-hydrogen) atoms. The minimum Gasteiger partial charge on any atom is -0.418 e. The van der Waals surface area contributed by atoms with Gasteiger partial charge in [-0.1, -0.05) is 0 Å². The Morgan fingerprint density at radius 1 is 1.00 bits per heavy atom. The zero-order chi connectivity index (χ0) is 16.9. The van der Waals surface area contributed by atoms with Gasteiger partial charge in [0.25, 0.3) is 0 Å². The van der Waals surface area contributed by atoms with Crippen molar-refractivity contribution in [1.82, 2.24) is 4.90 Å². The highest BCUT2D eigenvalue weighted by atomic mass is 19.5. The van der Waals surface area contributed by atoms with E-state index < -0.39 is 7.25 Å². The van der Waals surface area contributed by atoms with Crippen LogP contribution in [0.5, 0.6) is 0 Å². The Morgan fingerprint density at radius 3 is 1.90 bits per heavy atom. The summed E-state index contributed by atoms with van der Waals surface area (Å²) < 4.78 is 50.5. The smallest absolute Gasteiger partial charge is 0.418 e. The van der Waals surface area contributed by atoms with Gasteiger partial charge in [-0.15, -0.1) is 0 Å². The maximum absolute atomic E-state index is 9.75. The lowest BCUT2D eigenvalue weighted by Crippen LogP contribution is -2.49. The van der Waals surface area contributed by atoms with Crippen LogP contribution in [-0.4, -0.2) is 90.9 Å². The van der Waals surface area contributed by atoms with Gasteiger partial charge in [0, 0.05) is 13.7 Å². The van der Waals surface area contributed by atoms with Gasteiger partial charge in [0.05, 0.1) is 40.0 Å². The van der Waals surface area contributed by atoms with Gasteiger partial charge in [0.15, 0.2) is 0 Å². The molecule has 0 rings (SSSR count). The molecular weight excluding hydrogens is 291 g/mol. The number of ether oxygens (including phenoxy) is 2. The molecule has 0 bridgehead atoms. The van der Waals surface area contributed by atoms with Crippen LogP contribution < -0.4 is 0 Å². The Morgan fingerprint density at radius 2 is 1.52 bits per heavy atom. The standard InChI is InChI=1S/C12H29N2O2.BF4/c1-6-14(4,8-7-13(2)3)9-10-16-12-11-15-5;2-1(3,4)5/h6-12H2,1-5H3;/q+1;-1. The van der Waals surface area contributed by atoms with E-state index in [4.69, 9.17) is 9.47 Å². The Balaban J connectivity index is 0. The summed E-state index contributed by atoms with van der Waals surface area (Å²) in [6.45, 7) is 8.99. The molecule has 0 aliphatic heterocycles. The molecule has 0 amide bonds. The van der Waals surface area contributed by atoms with Crippen LogP contribution in [0.15, 0.2) is 0 Å². The minimum absolute atomic E-state index is 0.688. The lowest BCUT2D eigenvalue weighted by Gasteiger charge is -2.34. The summed E-state index contributed by atoms with van der Waals surface area (Å²) in [5, 5.41) is 0. The minimum atomic E-state index is -6.00. The molecule has 0 aromatic rings. The topological polar surface area (TPSA) is 21.7 Å². The third kappa shape index (κ3) is 22.1. The molecule has 0 fully saturated rings. The predicted octanol–water partition coefficient (Wildman–Crippen LogP) is 1.98. The molecule has 9 heteroatoms. The SMILES string of the molecule is CC[N+](C)(CCOCCOC)CCN(C)C.F[B-](F)(F)F. The molecule has 0 radical (unpaired) electrons. The van der Waals surface area contributed by atoms with Gasteiger partial charge in [0.2, 0.25) is 0 Å². The highest BCUT2D eigenvalue weighted by Crippen LogP contribution is 2.06. The molecular formula is C12H29BF4N2O2. The number of likely N-dealkylation sites (N-methyl/N-ethyl adjacent to an activating group) is 2. The largest absolute Gasteiger partial charge is 0.673 e. The monoisotopic (exact) mass is 320 g/mol. The second-order valence-corrected chi connectivity index (χ2v) is 5.29. The van der Waals surface area contributed by atoms with Crippen LogP contribution in [0.2, 0.25) is 0 Å². The number of quaternary nitrogens is 1. The molecule has 0 N–H and O–H groups in total. The van der Waals surface area contributed by atoms with E-state index in [2.05, 4.69) is 33.0 Å². The van der Waals surface area contributed by atoms with Crippen molar-refractivity contribution in [3.05, 3.63) is 0 Å². The van der Waals surface area contributed by atoms with E-state index in [1.54, 1.807) is 7.11 Å². The Kier molecular flexibility index (Phi) is 13.3. The van der Waals surface area contributed by atoms with E-state index in [0.29, 0.717) is 13.2 Å². The van der Waals surface area contributed by atoms with Gasteiger partial charge in [-0.3, -0.25) is 0 Å². The van der Waals surface area contributed by atoms with Crippen LogP contribution in [0.4, 0.5) is 17.3 Å². The molecule has 4 nitrogen and oxygen atoms in total. The van der Waals surface area contributed by atoms with Crippen molar-refractivity contribution >= 4 is 7.25 Å². The van der Waals surface area contributed by atoms with Crippen LogP contribution in [0.1, 0.15) is 6.92 Å². The summed E-state index contributed by atoms with van der Waals surface area (Å²) in [5.41, 5.74) is 0. The second-order valence-electron chi connectivity index (χ2n) is 5.29. The normalized spacial score (nSPS) is 14.6. The van der Waals surface area contributed by atoms with Gasteiger partial charge in [-0.05, 0) is 21.0 Å². The van der Waals surface area contributed by atoms with Crippen LogP contribution in [0.3, 0.4) is 0 Å². The maximum atomic E-state index is 9.75. The van der Waals surface area contributed by atoms with E-state index in [0.717, 1.165) is 30.7 Å². The molecule has 0 saturated carbocycles. The molecule has 130 valence electrons. The number of methoxy groups -OCH3 is 1. The fourth-order valence-electron chi connectivity index (χ4n) is 1.40. The lowest BCUT2D eigenvalue weighted by atomic mass is 10.3. The molecule has 0 aromatic heterocycles. The molecule has 0 heterocycles. The van der Waals surface area contributed by atoms with E-state index in [1.165, 1.54) is 6.54 Å². The number of halogens is 4. The van der Waals surface area contributed by atoms with Crippen molar-refractivity contribution in [3.8, 4) is 0 Å². The van der Waals surface area contributed by atoms with Crippen LogP contribution in [0.25, 0.3) is 0 Å². The van der Waals surface area contributed by atoms with E-state index in [-0.39, 0.29) is 0 Å². The van der Waals surface area contributed by atoms with Crippen molar-refractivity contribution in [3.63, 3.8) is 0 Å². The summed E-state index contributed by atoms with van der Waals surface area (Å²) in [4.78, 5) is 2.23. The van der Waals surface area contributed by atoms with Gasteiger partial charge >= 0.3 is 7.25 Å². The summed E-state index contributed by atoms with van der Waals surface area (Å²) in [5.74, 6) is 0. The van der Waals surface area contributed by atoms with Crippen molar-refractivity contribution in [1.29, 1.82) is 0 Å². The molecule has 0 aromatic carbocycles. The van der Waals surface area contributed by atoms with Crippen LogP contribution >= 0.6 is 0 Å². The van der Waals surface area contributed by atoms with E-state index >= 15 is 0 Å². The van der Waals surface area contributed by atoms with Crippen molar-refractivity contribution in [2.45, 2.75) is 6.92 Å². The molecule has 0 saturated heterocycles. The van der Waals surface area contributed by atoms with Gasteiger partial charge in [0.1, 0.15) is 6.54 Å². The third-order valence-corrected chi connectivity index (χ3v) is 3.06. The molecule has 1 atom stereocenters. The maximum Gasteiger partial charge on any atom is 0.673 e. The third-order valence-electron chi connectivity index (χ3n) is 3.06. The summed E-state index contributed by atoms with van der Waals surface area (Å²) in [7, 11) is 2.24. The van der Waals surface area contributed by atoms with E-state index in [9.17, 15) is 17.3 Å². The average Bonchev–Trinajstić information content (AvgIpc) is 2.34. The number of rotatable bonds is 10. The fourth-order valence-corrected chi connectivity index (χ4v) is 1.40. The molecule has 0 aliphatic rings.